The van der Waals surface area contributed by atoms with Crippen molar-refractivity contribution in [3.8, 4) is 17.2 Å². The summed E-state index contributed by atoms with van der Waals surface area (Å²) in [6.45, 7) is 1.53. The van der Waals surface area contributed by atoms with E-state index in [1.807, 2.05) is 30.3 Å². The number of para-hydroxylation sites is 1. The average molecular weight is 355 g/mol. The molecule has 0 fully saturated rings. The fourth-order valence-electron chi connectivity index (χ4n) is 3.08. The Labute approximate surface area is 154 Å². The number of fused-ring (bicyclic) bond motifs is 1. The van der Waals surface area contributed by atoms with Crippen molar-refractivity contribution in [1.82, 2.24) is 5.32 Å². The van der Waals surface area contributed by atoms with Gasteiger partial charge in [-0.25, -0.2) is 0 Å². The highest BCUT2D eigenvalue weighted by Crippen LogP contribution is 2.33. The molecule has 1 aliphatic heterocycles. The van der Waals surface area contributed by atoms with Crippen molar-refractivity contribution in [2.45, 2.75) is 12.3 Å². The number of rotatable bonds is 5. The summed E-state index contributed by atoms with van der Waals surface area (Å²) in [5.41, 5.74) is 2.12. The molecule has 1 aliphatic rings. The van der Waals surface area contributed by atoms with Crippen molar-refractivity contribution in [3.05, 3.63) is 48.0 Å². The molecule has 1 unspecified atom stereocenters. The van der Waals surface area contributed by atoms with E-state index in [1.165, 1.54) is 5.56 Å². The highest BCUT2D eigenvalue weighted by molar-refractivity contribution is 5.93. The third kappa shape index (κ3) is 4.02. The van der Waals surface area contributed by atoms with Gasteiger partial charge in [0.1, 0.15) is 5.75 Å². The van der Waals surface area contributed by atoms with Crippen LogP contribution in [-0.2, 0) is 0 Å². The second-order valence-electron chi connectivity index (χ2n) is 6.02. The number of guanidine groups is 1. The maximum absolute atomic E-state index is 5.73. The van der Waals surface area contributed by atoms with Crippen LogP contribution in [0.25, 0.3) is 0 Å². The Bertz CT molecular complexity index is 777. The van der Waals surface area contributed by atoms with Crippen LogP contribution in [0.1, 0.15) is 17.9 Å². The van der Waals surface area contributed by atoms with Crippen LogP contribution in [0.2, 0.25) is 0 Å². The maximum atomic E-state index is 5.73. The molecular weight excluding hydrogens is 330 g/mol. The fourth-order valence-corrected chi connectivity index (χ4v) is 3.08. The van der Waals surface area contributed by atoms with E-state index in [1.54, 1.807) is 21.3 Å². The zero-order chi connectivity index (χ0) is 18.4. The number of nitrogens with one attached hydrogen (secondary N) is 2. The largest absolute Gasteiger partial charge is 0.493 e. The van der Waals surface area contributed by atoms with Crippen molar-refractivity contribution < 1.29 is 14.2 Å². The molecule has 0 radical (unpaired) electrons. The van der Waals surface area contributed by atoms with E-state index in [2.05, 4.69) is 27.8 Å². The number of aliphatic imine (C=N–C) groups is 1. The SMILES string of the molecule is CN=C(NCC1CCOc2ccccc21)Nc1ccc(OC)c(OC)c1. The molecule has 6 nitrogen and oxygen atoms in total. The van der Waals surface area contributed by atoms with Crippen molar-refractivity contribution >= 4 is 11.6 Å². The monoisotopic (exact) mass is 355 g/mol. The van der Waals surface area contributed by atoms with Crippen molar-refractivity contribution in [1.29, 1.82) is 0 Å². The predicted molar refractivity (Wildman–Crippen MR) is 104 cm³/mol. The first-order valence-corrected chi connectivity index (χ1v) is 8.66. The van der Waals surface area contributed by atoms with Gasteiger partial charge in [0, 0.05) is 31.3 Å². The van der Waals surface area contributed by atoms with Crippen LogP contribution in [0.5, 0.6) is 17.2 Å². The van der Waals surface area contributed by atoms with Crippen molar-refractivity contribution in [2.75, 3.05) is 39.7 Å². The van der Waals surface area contributed by atoms with Crippen LogP contribution in [0.15, 0.2) is 47.5 Å². The van der Waals surface area contributed by atoms with Crippen LogP contribution in [-0.4, -0.2) is 40.4 Å². The van der Waals surface area contributed by atoms with Crippen LogP contribution in [0.3, 0.4) is 0 Å². The molecule has 1 heterocycles. The van der Waals surface area contributed by atoms with Crippen LogP contribution < -0.4 is 24.8 Å². The summed E-state index contributed by atoms with van der Waals surface area (Å²) in [5.74, 6) is 3.45. The van der Waals surface area contributed by atoms with Gasteiger partial charge in [-0.1, -0.05) is 18.2 Å². The first kappa shape index (κ1) is 17.9. The zero-order valence-corrected chi connectivity index (χ0v) is 15.4. The van der Waals surface area contributed by atoms with E-state index in [9.17, 15) is 0 Å². The number of methoxy groups -OCH3 is 2. The normalized spacial score (nSPS) is 16.3. The molecule has 26 heavy (non-hydrogen) atoms. The average Bonchev–Trinajstić information content (AvgIpc) is 2.70. The van der Waals surface area contributed by atoms with E-state index >= 15 is 0 Å². The Kier molecular flexibility index (Phi) is 5.84. The molecule has 2 N–H and O–H groups in total. The lowest BCUT2D eigenvalue weighted by atomic mass is 9.93. The minimum absolute atomic E-state index is 0.393. The summed E-state index contributed by atoms with van der Waals surface area (Å²) in [6.07, 6.45) is 0.983. The zero-order valence-electron chi connectivity index (χ0n) is 15.4. The molecule has 0 bridgehead atoms. The van der Waals surface area contributed by atoms with E-state index in [0.29, 0.717) is 23.4 Å². The molecule has 0 spiro atoms. The quantitative estimate of drug-likeness (QED) is 0.637. The first-order valence-electron chi connectivity index (χ1n) is 8.66. The van der Waals surface area contributed by atoms with E-state index in [4.69, 9.17) is 14.2 Å². The number of hydrogen-bond donors (Lipinski definition) is 2. The van der Waals surface area contributed by atoms with E-state index < -0.39 is 0 Å². The Morgan fingerprint density at radius 3 is 2.73 bits per heavy atom. The summed E-state index contributed by atoms with van der Waals surface area (Å²) >= 11 is 0. The maximum Gasteiger partial charge on any atom is 0.195 e. The van der Waals surface area contributed by atoms with Gasteiger partial charge in [0.15, 0.2) is 17.5 Å². The molecule has 138 valence electrons. The number of hydrogen-bond acceptors (Lipinski definition) is 4. The molecule has 0 aromatic heterocycles. The summed E-state index contributed by atoms with van der Waals surface area (Å²) in [7, 11) is 5.00. The van der Waals surface area contributed by atoms with Gasteiger partial charge in [-0.3, -0.25) is 4.99 Å². The Hall–Kier alpha value is -2.89. The van der Waals surface area contributed by atoms with Crippen LogP contribution in [0, 0.1) is 0 Å². The van der Waals surface area contributed by atoms with Crippen LogP contribution >= 0.6 is 0 Å². The summed E-state index contributed by atoms with van der Waals surface area (Å²) in [4.78, 5) is 4.31. The Morgan fingerprint density at radius 2 is 1.96 bits per heavy atom. The highest BCUT2D eigenvalue weighted by atomic mass is 16.5. The molecule has 0 saturated heterocycles. The number of benzene rings is 2. The second kappa shape index (κ2) is 8.47. The molecule has 2 aromatic carbocycles. The van der Waals surface area contributed by atoms with E-state index in [-0.39, 0.29) is 0 Å². The van der Waals surface area contributed by atoms with Gasteiger partial charge in [-0.2, -0.15) is 0 Å². The van der Waals surface area contributed by atoms with Gasteiger partial charge in [0.05, 0.1) is 20.8 Å². The predicted octanol–water partition coefficient (Wildman–Crippen LogP) is 3.26. The van der Waals surface area contributed by atoms with Crippen molar-refractivity contribution in [3.63, 3.8) is 0 Å². The minimum atomic E-state index is 0.393. The van der Waals surface area contributed by atoms with Gasteiger partial charge in [-0.05, 0) is 30.2 Å². The molecule has 2 aromatic rings. The topological polar surface area (TPSA) is 64.1 Å². The summed E-state index contributed by atoms with van der Waals surface area (Å²) in [5, 5.41) is 6.70. The smallest absolute Gasteiger partial charge is 0.195 e. The Morgan fingerprint density at radius 1 is 1.15 bits per heavy atom. The molecular formula is C20H25N3O3. The van der Waals surface area contributed by atoms with E-state index in [0.717, 1.165) is 31.0 Å². The van der Waals surface area contributed by atoms with Gasteiger partial charge in [0.2, 0.25) is 0 Å². The lowest BCUT2D eigenvalue weighted by Crippen LogP contribution is -2.35. The number of nitrogens with zero attached hydrogens (tertiary/aromatic N) is 1. The highest BCUT2D eigenvalue weighted by Gasteiger charge is 2.21. The minimum Gasteiger partial charge on any atom is -0.493 e. The molecule has 0 aliphatic carbocycles. The lowest BCUT2D eigenvalue weighted by molar-refractivity contribution is 0.267. The summed E-state index contributed by atoms with van der Waals surface area (Å²) < 4.78 is 16.3. The summed E-state index contributed by atoms with van der Waals surface area (Å²) in [6, 6.07) is 13.9. The Balaban J connectivity index is 1.64. The standard InChI is InChI=1S/C20H25N3O3/c1-21-20(23-15-8-9-18(24-2)19(12-15)25-3)22-13-14-10-11-26-17-7-5-4-6-16(14)17/h4-9,12,14H,10-11,13H2,1-3H3,(H2,21,22,23). The fraction of sp³-hybridized carbons (Fsp3) is 0.350. The number of anilines is 1. The van der Waals surface area contributed by atoms with Gasteiger partial charge < -0.3 is 24.8 Å². The molecule has 0 saturated carbocycles. The lowest BCUT2D eigenvalue weighted by Gasteiger charge is -2.26. The van der Waals surface area contributed by atoms with Gasteiger partial charge in [0.25, 0.3) is 0 Å². The molecule has 3 rings (SSSR count). The first-order chi connectivity index (χ1) is 12.7. The third-order valence-corrected chi connectivity index (χ3v) is 4.47. The van der Waals surface area contributed by atoms with Gasteiger partial charge >= 0.3 is 0 Å². The van der Waals surface area contributed by atoms with Crippen LogP contribution in [0.4, 0.5) is 5.69 Å². The van der Waals surface area contributed by atoms with Gasteiger partial charge in [-0.15, -0.1) is 0 Å². The molecule has 1 atom stereocenters. The van der Waals surface area contributed by atoms with Crippen molar-refractivity contribution in [2.24, 2.45) is 4.99 Å². The third-order valence-electron chi connectivity index (χ3n) is 4.47. The molecule has 6 heteroatoms. The number of ether oxygens (including phenoxy) is 3. The molecule has 0 amide bonds. The second-order valence-corrected chi connectivity index (χ2v) is 6.02.